The van der Waals surface area contributed by atoms with E-state index >= 15 is 0 Å². The topological polar surface area (TPSA) is 49.3 Å². The second kappa shape index (κ2) is 3.45. The molecule has 2 N–H and O–H groups in total. The molecular weight excluding hydrogens is 238 g/mol. The van der Waals surface area contributed by atoms with Crippen LogP contribution in [0.15, 0.2) is 48.5 Å². The monoisotopic (exact) mass is 251 g/mol. The number of rotatable bonds is 1. The van der Waals surface area contributed by atoms with Crippen molar-refractivity contribution in [3.05, 3.63) is 70.8 Å². The first kappa shape index (κ1) is 10.8. The van der Waals surface area contributed by atoms with Gasteiger partial charge < -0.3 is 5.11 Å². The van der Waals surface area contributed by atoms with Gasteiger partial charge in [-0.1, -0.05) is 48.5 Å². The summed E-state index contributed by atoms with van der Waals surface area (Å²) in [6.45, 7) is 0. The average Bonchev–Trinajstić information content (AvgIpc) is 2.71. The minimum absolute atomic E-state index is 0.0993. The zero-order valence-electron chi connectivity index (χ0n) is 10.3. The van der Waals surface area contributed by atoms with E-state index in [0.717, 1.165) is 28.7 Å². The molecule has 2 bridgehead atoms. The average molecular weight is 251 g/mol. The van der Waals surface area contributed by atoms with E-state index < -0.39 is 11.5 Å². The van der Waals surface area contributed by atoms with Crippen molar-refractivity contribution < 1.29 is 9.90 Å². The van der Waals surface area contributed by atoms with Crippen molar-refractivity contribution in [3.63, 3.8) is 0 Å². The van der Waals surface area contributed by atoms with E-state index in [9.17, 15) is 9.90 Å². The summed E-state index contributed by atoms with van der Waals surface area (Å²) in [6.07, 6.45) is 0.849. The van der Waals surface area contributed by atoms with Crippen LogP contribution in [0, 0.1) is 0 Å². The number of carboxylic acid groups (broad SMARTS) is 1. The Bertz CT molecular complexity index is 682. The van der Waals surface area contributed by atoms with Crippen LogP contribution < -0.4 is 5.32 Å². The maximum atomic E-state index is 12.0. The third-order valence-corrected chi connectivity index (χ3v) is 4.30. The zero-order valence-corrected chi connectivity index (χ0v) is 10.3. The van der Waals surface area contributed by atoms with Crippen molar-refractivity contribution in [3.8, 4) is 0 Å². The Morgan fingerprint density at radius 3 is 2.58 bits per heavy atom. The SMILES string of the molecule is O=C(O)[C@]12N[C@H](Cc3ccccc31)c1ccccc12. The fourth-order valence-electron chi connectivity index (χ4n) is 3.52. The summed E-state index contributed by atoms with van der Waals surface area (Å²) in [4.78, 5) is 12.0. The summed E-state index contributed by atoms with van der Waals surface area (Å²) in [6, 6.07) is 15.8. The summed E-state index contributed by atoms with van der Waals surface area (Å²) >= 11 is 0. The molecule has 0 aliphatic carbocycles. The summed E-state index contributed by atoms with van der Waals surface area (Å²) in [7, 11) is 0. The van der Waals surface area contributed by atoms with Gasteiger partial charge in [0, 0.05) is 6.04 Å². The molecular formula is C16H13NO2. The maximum absolute atomic E-state index is 12.0. The number of carboxylic acids is 1. The van der Waals surface area contributed by atoms with Gasteiger partial charge >= 0.3 is 5.97 Å². The molecule has 0 fully saturated rings. The van der Waals surface area contributed by atoms with Crippen LogP contribution in [0.2, 0.25) is 0 Å². The van der Waals surface area contributed by atoms with Gasteiger partial charge in [0.25, 0.3) is 0 Å². The van der Waals surface area contributed by atoms with Crippen molar-refractivity contribution >= 4 is 5.97 Å². The molecule has 0 amide bonds. The number of hydrogen-bond acceptors (Lipinski definition) is 2. The molecule has 2 aliphatic rings. The van der Waals surface area contributed by atoms with Crippen LogP contribution in [0.3, 0.4) is 0 Å². The normalized spacial score (nSPS) is 26.6. The molecule has 4 rings (SSSR count). The van der Waals surface area contributed by atoms with Crippen LogP contribution >= 0.6 is 0 Å². The summed E-state index contributed by atoms with van der Waals surface area (Å²) in [5, 5.41) is 13.2. The summed E-state index contributed by atoms with van der Waals surface area (Å²) in [5.74, 6) is -0.824. The van der Waals surface area contributed by atoms with Crippen LogP contribution in [0.1, 0.15) is 28.3 Å². The van der Waals surface area contributed by atoms with Crippen LogP contribution in [0.25, 0.3) is 0 Å². The van der Waals surface area contributed by atoms with Gasteiger partial charge in [0.2, 0.25) is 0 Å². The van der Waals surface area contributed by atoms with E-state index in [4.69, 9.17) is 0 Å². The molecule has 19 heavy (non-hydrogen) atoms. The molecule has 2 aromatic rings. The van der Waals surface area contributed by atoms with Crippen LogP contribution in [0.4, 0.5) is 0 Å². The molecule has 0 aromatic heterocycles. The summed E-state index contributed by atoms with van der Waals surface area (Å²) < 4.78 is 0. The second-order valence-corrected chi connectivity index (χ2v) is 5.20. The van der Waals surface area contributed by atoms with Gasteiger partial charge in [-0.15, -0.1) is 0 Å². The van der Waals surface area contributed by atoms with Crippen molar-refractivity contribution in [2.75, 3.05) is 0 Å². The molecule has 3 nitrogen and oxygen atoms in total. The number of hydrogen-bond donors (Lipinski definition) is 2. The van der Waals surface area contributed by atoms with Gasteiger partial charge in [-0.05, 0) is 28.7 Å². The molecule has 2 aromatic carbocycles. The standard InChI is InChI=1S/C16H13NO2/c18-15(19)16-12-7-3-1-5-10(12)9-14(17-16)11-6-2-4-8-13(11)16/h1-8,14,17H,9H2,(H,18,19)/t14-,16+/m1/s1. The fourth-order valence-corrected chi connectivity index (χ4v) is 3.52. The molecule has 0 spiro atoms. The van der Waals surface area contributed by atoms with Gasteiger partial charge in [0.1, 0.15) is 0 Å². The van der Waals surface area contributed by atoms with E-state index in [1.165, 1.54) is 0 Å². The lowest BCUT2D eigenvalue weighted by Crippen LogP contribution is -2.50. The Morgan fingerprint density at radius 2 is 1.79 bits per heavy atom. The van der Waals surface area contributed by atoms with Gasteiger partial charge in [-0.2, -0.15) is 0 Å². The smallest absolute Gasteiger partial charge is 0.333 e. The number of carbonyl (C=O) groups is 1. The quantitative estimate of drug-likeness (QED) is 0.817. The highest BCUT2D eigenvalue weighted by atomic mass is 16.4. The van der Waals surface area contributed by atoms with Gasteiger partial charge in [-0.25, -0.2) is 4.79 Å². The Hall–Kier alpha value is -2.13. The molecule has 0 radical (unpaired) electrons. The number of benzene rings is 2. The second-order valence-electron chi connectivity index (χ2n) is 5.20. The van der Waals surface area contributed by atoms with Crippen LogP contribution in [-0.2, 0) is 16.8 Å². The lowest BCUT2D eigenvalue weighted by molar-refractivity contribution is -0.143. The molecule has 2 heterocycles. The lowest BCUT2D eigenvalue weighted by atomic mass is 9.81. The number of aliphatic carboxylic acids is 1. The van der Waals surface area contributed by atoms with Gasteiger partial charge in [-0.3, -0.25) is 5.32 Å². The highest BCUT2D eigenvalue weighted by molar-refractivity contribution is 5.88. The Labute approximate surface area is 110 Å². The third-order valence-electron chi connectivity index (χ3n) is 4.30. The highest BCUT2D eigenvalue weighted by Crippen LogP contribution is 2.48. The Morgan fingerprint density at radius 1 is 1.11 bits per heavy atom. The molecule has 2 atom stereocenters. The van der Waals surface area contributed by atoms with Crippen molar-refractivity contribution in [1.82, 2.24) is 5.32 Å². The van der Waals surface area contributed by atoms with E-state index in [0.29, 0.717) is 0 Å². The maximum Gasteiger partial charge on any atom is 0.333 e. The molecule has 2 aliphatic heterocycles. The minimum atomic E-state index is -1.07. The van der Waals surface area contributed by atoms with Crippen LogP contribution in [0.5, 0.6) is 0 Å². The number of fused-ring (bicyclic) bond motifs is 7. The van der Waals surface area contributed by atoms with E-state index in [1.54, 1.807) is 0 Å². The first-order valence-corrected chi connectivity index (χ1v) is 6.42. The molecule has 0 saturated heterocycles. The first-order valence-electron chi connectivity index (χ1n) is 6.42. The van der Waals surface area contributed by atoms with Crippen LogP contribution in [-0.4, -0.2) is 11.1 Å². The van der Waals surface area contributed by atoms with E-state index in [1.807, 2.05) is 48.5 Å². The number of nitrogens with one attached hydrogen (secondary N) is 1. The highest BCUT2D eigenvalue weighted by Gasteiger charge is 2.54. The van der Waals surface area contributed by atoms with E-state index in [-0.39, 0.29) is 6.04 Å². The third kappa shape index (κ3) is 1.18. The lowest BCUT2D eigenvalue weighted by Gasteiger charge is -2.33. The predicted molar refractivity (Wildman–Crippen MR) is 70.9 cm³/mol. The van der Waals surface area contributed by atoms with Gasteiger partial charge in [0.15, 0.2) is 5.54 Å². The Balaban J connectivity index is 2.10. The van der Waals surface area contributed by atoms with E-state index in [2.05, 4.69) is 5.32 Å². The predicted octanol–water partition coefficient (Wildman–Crippen LogP) is 2.22. The van der Waals surface area contributed by atoms with Gasteiger partial charge in [0.05, 0.1) is 0 Å². The molecule has 3 heteroatoms. The molecule has 0 saturated carbocycles. The molecule has 0 unspecified atom stereocenters. The van der Waals surface area contributed by atoms with Crippen molar-refractivity contribution in [2.24, 2.45) is 0 Å². The summed E-state index contributed by atoms with van der Waals surface area (Å²) in [5.41, 5.74) is 2.93. The van der Waals surface area contributed by atoms with Crippen molar-refractivity contribution in [2.45, 2.75) is 18.0 Å². The Kier molecular flexibility index (Phi) is 1.96. The fraction of sp³-hybridized carbons (Fsp3) is 0.188. The zero-order chi connectivity index (χ0) is 13.0. The minimum Gasteiger partial charge on any atom is -0.479 e. The largest absolute Gasteiger partial charge is 0.479 e. The molecule has 94 valence electrons. The van der Waals surface area contributed by atoms with Crippen molar-refractivity contribution in [1.29, 1.82) is 0 Å². The first-order chi connectivity index (χ1) is 9.23.